The molecule has 94 valence electrons. The molecule has 1 atom stereocenters. The molecule has 0 aliphatic heterocycles. The number of rotatable bonds is 2. The van der Waals surface area contributed by atoms with Crippen molar-refractivity contribution in [3.63, 3.8) is 0 Å². The van der Waals surface area contributed by atoms with Gasteiger partial charge in [0.15, 0.2) is 0 Å². The summed E-state index contributed by atoms with van der Waals surface area (Å²) in [6.07, 6.45) is 2.81. The van der Waals surface area contributed by atoms with Gasteiger partial charge in [0, 0.05) is 11.4 Å². The Balaban J connectivity index is 1.88. The lowest BCUT2D eigenvalue weighted by Crippen LogP contribution is -2.12. The summed E-state index contributed by atoms with van der Waals surface area (Å²) in [6.45, 7) is 0.502. The highest BCUT2D eigenvalue weighted by Crippen LogP contribution is 2.36. The van der Waals surface area contributed by atoms with Crippen LogP contribution in [-0.4, -0.2) is 4.98 Å². The first-order valence-electron chi connectivity index (χ1n) is 6.20. The monoisotopic (exact) mass is 262 g/mol. The zero-order valence-electron chi connectivity index (χ0n) is 10.0. The highest BCUT2D eigenvalue weighted by molar-refractivity contribution is 7.11. The number of halogens is 1. The molecule has 1 heterocycles. The van der Waals surface area contributed by atoms with Crippen molar-refractivity contribution in [1.82, 2.24) is 4.98 Å². The van der Waals surface area contributed by atoms with Crippen LogP contribution in [0.25, 0.3) is 0 Å². The van der Waals surface area contributed by atoms with E-state index in [0.29, 0.717) is 6.54 Å². The first kappa shape index (κ1) is 11.8. The minimum atomic E-state index is -0.0884. The van der Waals surface area contributed by atoms with E-state index in [4.69, 9.17) is 5.73 Å². The van der Waals surface area contributed by atoms with E-state index in [1.54, 1.807) is 23.5 Å². The summed E-state index contributed by atoms with van der Waals surface area (Å²) in [7, 11) is 0. The molecule has 0 radical (unpaired) electrons. The molecule has 4 heteroatoms. The fourth-order valence-electron chi connectivity index (χ4n) is 2.59. The summed E-state index contributed by atoms with van der Waals surface area (Å²) in [5.74, 6) is 0.194. The molecular formula is C14H15FN2S. The Morgan fingerprint density at radius 1 is 1.39 bits per heavy atom. The van der Waals surface area contributed by atoms with E-state index in [1.165, 1.54) is 10.6 Å². The van der Waals surface area contributed by atoms with Crippen molar-refractivity contribution in [3.05, 3.63) is 51.2 Å². The summed E-state index contributed by atoms with van der Waals surface area (Å²) in [5.41, 5.74) is 7.63. The topological polar surface area (TPSA) is 38.9 Å². The average molecular weight is 262 g/mol. The molecule has 1 aliphatic carbocycles. The molecule has 3 rings (SSSR count). The Kier molecular flexibility index (Phi) is 3.14. The van der Waals surface area contributed by atoms with Gasteiger partial charge in [-0.05, 0) is 36.8 Å². The van der Waals surface area contributed by atoms with Crippen LogP contribution in [-0.2, 0) is 19.4 Å². The molecule has 0 saturated carbocycles. The average Bonchev–Trinajstić information content (AvgIpc) is 2.81. The third-order valence-corrected chi connectivity index (χ3v) is 4.65. The van der Waals surface area contributed by atoms with Crippen LogP contribution in [0.15, 0.2) is 24.3 Å². The molecule has 18 heavy (non-hydrogen) atoms. The van der Waals surface area contributed by atoms with E-state index in [1.807, 2.05) is 12.1 Å². The molecule has 0 amide bonds. The van der Waals surface area contributed by atoms with Gasteiger partial charge in [0.2, 0.25) is 0 Å². The van der Waals surface area contributed by atoms with E-state index in [-0.39, 0.29) is 11.7 Å². The normalized spacial score (nSPS) is 18.7. The van der Waals surface area contributed by atoms with Gasteiger partial charge >= 0.3 is 0 Å². The second-order valence-electron chi connectivity index (χ2n) is 4.64. The van der Waals surface area contributed by atoms with Crippen molar-refractivity contribution in [2.24, 2.45) is 5.73 Å². The summed E-state index contributed by atoms with van der Waals surface area (Å²) in [5, 5.41) is 0.995. The molecular weight excluding hydrogens is 247 g/mol. The van der Waals surface area contributed by atoms with Crippen molar-refractivity contribution in [1.29, 1.82) is 0 Å². The summed E-state index contributed by atoms with van der Waals surface area (Å²) in [4.78, 5) is 5.81. The van der Waals surface area contributed by atoms with E-state index in [2.05, 4.69) is 4.98 Å². The van der Waals surface area contributed by atoms with Gasteiger partial charge in [-0.15, -0.1) is 11.3 Å². The third-order valence-electron chi connectivity index (χ3n) is 3.50. The summed E-state index contributed by atoms with van der Waals surface area (Å²) < 4.78 is 13.8. The minimum Gasteiger partial charge on any atom is -0.325 e. The number of thiazole rings is 1. The van der Waals surface area contributed by atoms with E-state index < -0.39 is 0 Å². The van der Waals surface area contributed by atoms with E-state index in [9.17, 15) is 4.39 Å². The van der Waals surface area contributed by atoms with Crippen LogP contribution in [0.3, 0.4) is 0 Å². The zero-order valence-corrected chi connectivity index (χ0v) is 10.8. The van der Waals surface area contributed by atoms with Crippen molar-refractivity contribution in [2.45, 2.75) is 31.7 Å². The molecule has 0 spiro atoms. The molecule has 0 fully saturated rings. The maximum Gasteiger partial charge on any atom is 0.126 e. The number of hydrogen-bond donors (Lipinski definition) is 1. The molecule has 2 N–H and O–H groups in total. The Hall–Kier alpha value is -1.26. The fourth-order valence-corrected chi connectivity index (χ4v) is 3.66. The number of fused-ring (bicyclic) bond motifs is 1. The molecule has 1 unspecified atom stereocenters. The van der Waals surface area contributed by atoms with Gasteiger partial charge in [-0.25, -0.2) is 9.37 Å². The maximum absolute atomic E-state index is 13.8. The number of hydrogen-bond acceptors (Lipinski definition) is 3. The fraction of sp³-hybridized carbons (Fsp3) is 0.357. The van der Waals surface area contributed by atoms with Crippen LogP contribution in [0.1, 0.15) is 33.5 Å². The molecule has 1 aliphatic rings. The number of aromatic nitrogens is 1. The first-order chi connectivity index (χ1) is 8.78. The first-order valence-corrected chi connectivity index (χ1v) is 7.01. The van der Waals surface area contributed by atoms with Crippen LogP contribution in [0, 0.1) is 5.82 Å². The van der Waals surface area contributed by atoms with E-state index >= 15 is 0 Å². The zero-order chi connectivity index (χ0) is 12.5. The SMILES string of the molecule is NCc1nc2c(s1)CC(c1ccccc1F)CC2. The van der Waals surface area contributed by atoms with Gasteiger partial charge in [-0.2, -0.15) is 0 Å². The van der Waals surface area contributed by atoms with Crippen molar-refractivity contribution in [3.8, 4) is 0 Å². The highest BCUT2D eigenvalue weighted by atomic mass is 32.1. The van der Waals surface area contributed by atoms with Crippen LogP contribution >= 0.6 is 11.3 Å². The lowest BCUT2D eigenvalue weighted by molar-refractivity contribution is 0.534. The van der Waals surface area contributed by atoms with Crippen LogP contribution < -0.4 is 5.73 Å². The van der Waals surface area contributed by atoms with Crippen LogP contribution in [0.5, 0.6) is 0 Å². The van der Waals surface area contributed by atoms with Crippen LogP contribution in [0.2, 0.25) is 0 Å². The second kappa shape index (κ2) is 4.78. The molecule has 2 aromatic rings. The smallest absolute Gasteiger partial charge is 0.126 e. The number of aryl methyl sites for hydroxylation is 1. The maximum atomic E-state index is 13.8. The largest absolute Gasteiger partial charge is 0.325 e. The number of nitrogens with zero attached hydrogens (tertiary/aromatic N) is 1. The van der Waals surface area contributed by atoms with Gasteiger partial charge in [-0.3, -0.25) is 0 Å². The molecule has 1 aromatic heterocycles. The Bertz CT molecular complexity index is 565. The predicted octanol–water partition coefficient (Wildman–Crippen LogP) is 3.01. The van der Waals surface area contributed by atoms with Crippen LogP contribution in [0.4, 0.5) is 4.39 Å². The van der Waals surface area contributed by atoms with Gasteiger partial charge in [0.25, 0.3) is 0 Å². The van der Waals surface area contributed by atoms with E-state index in [0.717, 1.165) is 29.8 Å². The lowest BCUT2D eigenvalue weighted by Gasteiger charge is -2.21. The Morgan fingerprint density at radius 3 is 3.00 bits per heavy atom. The molecule has 0 saturated heterocycles. The molecule has 0 bridgehead atoms. The summed E-state index contributed by atoms with van der Waals surface area (Å²) in [6, 6.07) is 7.09. The van der Waals surface area contributed by atoms with Crippen molar-refractivity contribution in [2.75, 3.05) is 0 Å². The van der Waals surface area contributed by atoms with Gasteiger partial charge in [0.1, 0.15) is 10.8 Å². The van der Waals surface area contributed by atoms with Gasteiger partial charge in [0.05, 0.1) is 5.69 Å². The van der Waals surface area contributed by atoms with Crippen molar-refractivity contribution < 1.29 is 4.39 Å². The third kappa shape index (κ3) is 2.06. The standard InChI is InChI=1S/C14H15FN2S/c15-11-4-2-1-3-10(11)9-5-6-12-13(7-9)18-14(8-16)17-12/h1-4,9H,5-8,16H2. The van der Waals surface area contributed by atoms with Gasteiger partial charge < -0.3 is 5.73 Å². The number of benzene rings is 1. The van der Waals surface area contributed by atoms with Crippen molar-refractivity contribution >= 4 is 11.3 Å². The minimum absolute atomic E-state index is 0.0884. The lowest BCUT2D eigenvalue weighted by atomic mass is 9.85. The molecule has 2 nitrogen and oxygen atoms in total. The molecule has 1 aromatic carbocycles. The highest BCUT2D eigenvalue weighted by Gasteiger charge is 2.25. The Labute approximate surface area is 110 Å². The summed E-state index contributed by atoms with van der Waals surface area (Å²) >= 11 is 1.68. The quantitative estimate of drug-likeness (QED) is 0.903. The Morgan fingerprint density at radius 2 is 2.22 bits per heavy atom. The van der Waals surface area contributed by atoms with Gasteiger partial charge in [-0.1, -0.05) is 18.2 Å². The second-order valence-corrected chi connectivity index (χ2v) is 5.81. The number of nitrogens with two attached hydrogens (primary N) is 1. The predicted molar refractivity (Wildman–Crippen MR) is 71.2 cm³/mol.